The highest BCUT2D eigenvalue weighted by atomic mass is 17.1. The van der Waals surface area contributed by atoms with Crippen LogP contribution in [0.25, 0.3) is 0 Å². The summed E-state index contributed by atoms with van der Waals surface area (Å²) < 4.78 is 5.64. The molecule has 0 saturated carbocycles. The van der Waals surface area contributed by atoms with Gasteiger partial charge in [0.15, 0.2) is 0 Å². The number of epoxide rings is 1. The second-order valence-electron chi connectivity index (χ2n) is 6.19. The van der Waals surface area contributed by atoms with Gasteiger partial charge in [-0.05, 0) is 25.7 Å². The van der Waals surface area contributed by atoms with E-state index >= 15 is 0 Å². The molecule has 1 saturated heterocycles. The molecule has 0 aromatic carbocycles. The maximum absolute atomic E-state index is 10.7. The number of unbranched alkanes of at least 4 members (excludes halogenated alkanes) is 8. The molecule has 1 aliphatic heterocycles. The van der Waals surface area contributed by atoms with E-state index in [4.69, 9.17) is 9.99 Å². The Kier molecular flexibility index (Phi) is 11.0. The fraction of sp³-hybridized carbons (Fsp3) is 0.833. The van der Waals surface area contributed by atoms with Crippen molar-refractivity contribution >= 4 is 5.97 Å². The van der Waals surface area contributed by atoms with Gasteiger partial charge < -0.3 is 9.62 Å². The summed E-state index contributed by atoms with van der Waals surface area (Å²) in [4.78, 5) is 14.3. The zero-order chi connectivity index (χ0) is 16.0. The zero-order valence-electron chi connectivity index (χ0n) is 14.0. The first-order valence-corrected chi connectivity index (χ1v) is 8.94. The molecule has 0 amide bonds. The molecule has 4 heteroatoms. The Morgan fingerprint density at radius 2 is 1.82 bits per heavy atom. The van der Waals surface area contributed by atoms with E-state index in [0.717, 1.165) is 25.7 Å². The Morgan fingerprint density at radius 1 is 1.09 bits per heavy atom. The van der Waals surface area contributed by atoms with Gasteiger partial charge in [0.2, 0.25) is 0 Å². The molecule has 22 heavy (non-hydrogen) atoms. The molecule has 0 bridgehead atoms. The van der Waals surface area contributed by atoms with Crippen molar-refractivity contribution < 1.29 is 19.7 Å². The Bertz CT molecular complexity index is 314. The van der Waals surface area contributed by atoms with Crippen molar-refractivity contribution in [2.24, 2.45) is 0 Å². The fourth-order valence-electron chi connectivity index (χ4n) is 2.67. The van der Waals surface area contributed by atoms with E-state index in [-0.39, 0.29) is 0 Å². The lowest BCUT2D eigenvalue weighted by atomic mass is 10.1. The van der Waals surface area contributed by atoms with Crippen molar-refractivity contribution in [2.45, 2.75) is 96.2 Å². The van der Waals surface area contributed by atoms with Gasteiger partial charge in [-0.15, -0.1) is 0 Å². The van der Waals surface area contributed by atoms with E-state index in [9.17, 15) is 4.79 Å². The Morgan fingerprint density at radius 3 is 2.59 bits per heavy atom. The maximum atomic E-state index is 10.7. The van der Waals surface area contributed by atoms with Crippen molar-refractivity contribution in [1.82, 2.24) is 0 Å². The van der Waals surface area contributed by atoms with Crippen LogP contribution in [0.4, 0.5) is 0 Å². The van der Waals surface area contributed by atoms with Gasteiger partial charge in [0.05, 0.1) is 6.10 Å². The van der Waals surface area contributed by atoms with Gasteiger partial charge in [0.1, 0.15) is 6.10 Å². The lowest BCUT2D eigenvalue weighted by Gasteiger charge is -1.99. The van der Waals surface area contributed by atoms with Gasteiger partial charge in [0.25, 0.3) is 0 Å². The Balaban J connectivity index is 1.83. The summed E-state index contributed by atoms with van der Waals surface area (Å²) in [6, 6.07) is 0. The highest BCUT2D eigenvalue weighted by molar-refractivity contribution is 5.68. The predicted molar refractivity (Wildman–Crippen MR) is 87.6 cm³/mol. The molecule has 1 N–H and O–H groups in total. The number of carbonyl (C=O) groups excluding carboxylic acids is 1. The third-order valence-corrected chi connectivity index (χ3v) is 4.14. The molecule has 1 heterocycles. The predicted octanol–water partition coefficient (Wildman–Crippen LogP) is 5.03. The summed E-state index contributed by atoms with van der Waals surface area (Å²) in [5.41, 5.74) is 0. The third kappa shape index (κ3) is 9.96. The van der Waals surface area contributed by atoms with Crippen molar-refractivity contribution in [3.05, 3.63) is 12.2 Å². The Hall–Kier alpha value is -0.870. The highest BCUT2D eigenvalue weighted by Gasteiger charge is 2.35. The minimum atomic E-state index is -0.532. The molecule has 1 rings (SSSR count). The van der Waals surface area contributed by atoms with Crippen LogP contribution in [0.15, 0.2) is 12.2 Å². The van der Waals surface area contributed by atoms with Crippen LogP contribution in [0.3, 0.4) is 0 Å². The minimum absolute atomic E-state index is 0.313. The number of allylic oxidation sites excluding steroid dienone is 1. The fourth-order valence-corrected chi connectivity index (χ4v) is 2.67. The molecule has 1 fully saturated rings. The number of hydrogen-bond acceptors (Lipinski definition) is 4. The van der Waals surface area contributed by atoms with Gasteiger partial charge in [-0.3, -0.25) is 0 Å². The van der Waals surface area contributed by atoms with Crippen molar-refractivity contribution in [3.8, 4) is 0 Å². The topological polar surface area (TPSA) is 59.1 Å². The largest absolute Gasteiger partial charge is 0.365 e. The molecule has 2 unspecified atom stereocenters. The van der Waals surface area contributed by atoms with Crippen LogP contribution in [0.1, 0.15) is 84.0 Å². The van der Waals surface area contributed by atoms with Gasteiger partial charge in [-0.25, -0.2) is 4.79 Å². The summed E-state index contributed by atoms with van der Waals surface area (Å²) in [5, 5.41) is 8.11. The molecule has 4 nitrogen and oxygen atoms in total. The SMILES string of the molecule is CCCCCC/C=C/C1OC1CCCCCCCC(=O)OO. The van der Waals surface area contributed by atoms with Gasteiger partial charge in [-0.1, -0.05) is 64.0 Å². The molecule has 0 aromatic heterocycles. The molecule has 0 aromatic rings. The number of carbonyl (C=O) groups is 1. The Labute approximate surface area is 134 Å². The summed E-state index contributed by atoms with van der Waals surface area (Å²) in [6.07, 6.45) is 18.5. The summed E-state index contributed by atoms with van der Waals surface area (Å²) in [7, 11) is 0. The lowest BCUT2D eigenvalue weighted by molar-refractivity contribution is -0.234. The summed E-state index contributed by atoms with van der Waals surface area (Å²) >= 11 is 0. The first-order chi connectivity index (χ1) is 10.8. The van der Waals surface area contributed by atoms with Crippen LogP contribution in [0.2, 0.25) is 0 Å². The van der Waals surface area contributed by atoms with Gasteiger partial charge >= 0.3 is 5.97 Å². The average Bonchev–Trinajstić information content (AvgIpc) is 3.28. The molecule has 1 aliphatic rings. The van der Waals surface area contributed by atoms with E-state index in [1.807, 2.05) is 0 Å². The maximum Gasteiger partial charge on any atom is 0.342 e. The molecular weight excluding hydrogens is 280 g/mol. The van der Waals surface area contributed by atoms with Crippen molar-refractivity contribution in [1.29, 1.82) is 0 Å². The minimum Gasteiger partial charge on any atom is -0.365 e. The van der Waals surface area contributed by atoms with Crippen LogP contribution >= 0.6 is 0 Å². The normalized spacial score (nSPS) is 20.5. The molecule has 0 radical (unpaired) electrons. The zero-order valence-corrected chi connectivity index (χ0v) is 14.0. The number of rotatable bonds is 14. The number of hydrogen-bond donors (Lipinski definition) is 1. The molecule has 0 spiro atoms. The smallest absolute Gasteiger partial charge is 0.342 e. The second kappa shape index (κ2) is 12.7. The van der Waals surface area contributed by atoms with E-state index < -0.39 is 5.97 Å². The molecular formula is C18H32O4. The van der Waals surface area contributed by atoms with Crippen molar-refractivity contribution in [3.63, 3.8) is 0 Å². The van der Waals surface area contributed by atoms with E-state index in [2.05, 4.69) is 24.0 Å². The first kappa shape index (κ1) is 19.2. The molecule has 128 valence electrons. The average molecular weight is 312 g/mol. The second-order valence-corrected chi connectivity index (χ2v) is 6.19. The standard InChI is InChI=1S/C18H32O4/c1-2-3-4-5-7-10-13-16-17(21-16)14-11-8-6-9-12-15-18(19)22-20/h10,13,16-17,20H,2-9,11-12,14-15H2,1H3/b13-10+. The van der Waals surface area contributed by atoms with Crippen LogP contribution in [0.5, 0.6) is 0 Å². The highest BCUT2D eigenvalue weighted by Crippen LogP contribution is 2.28. The van der Waals surface area contributed by atoms with Gasteiger partial charge in [0, 0.05) is 6.42 Å². The summed E-state index contributed by atoms with van der Waals surface area (Å²) in [6.45, 7) is 2.24. The van der Waals surface area contributed by atoms with E-state index in [1.54, 1.807) is 0 Å². The van der Waals surface area contributed by atoms with Crippen molar-refractivity contribution in [2.75, 3.05) is 0 Å². The first-order valence-electron chi connectivity index (χ1n) is 8.94. The van der Waals surface area contributed by atoms with Crippen LogP contribution in [-0.2, 0) is 14.4 Å². The van der Waals surface area contributed by atoms with Crippen LogP contribution in [-0.4, -0.2) is 23.4 Å². The third-order valence-electron chi connectivity index (χ3n) is 4.14. The molecule has 0 aliphatic carbocycles. The molecule has 2 atom stereocenters. The number of ether oxygens (including phenoxy) is 1. The van der Waals surface area contributed by atoms with Crippen LogP contribution < -0.4 is 0 Å². The van der Waals surface area contributed by atoms with Crippen LogP contribution in [0, 0.1) is 0 Å². The monoisotopic (exact) mass is 312 g/mol. The van der Waals surface area contributed by atoms with Gasteiger partial charge in [-0.2, -0.15) is 5.26 Å². The quantitative estimate of drug-likeness (QED) is 0.161. The van der Waals surface area contributed by atoms with E-state index in [1.165, 1.54) is 44.9 Å². The van der Waals surface area contributed by atoms with E-state index in [0.29, 0.717) is 18.6 Å². The summed E-state index contributed by atoms with van der Waals surface area (Å²) in [5.74, 6) is -0.532. The lowest BCUT2D eigenvalue weighted by Crippen LogP contribution is -1.99.